The summed E-state index contributed by atoms with van der Waals surface area (Å²) in [7, 11) is 3.84. The number of aromatic nitrogens is 2. The lowest BCUT2D eigenvalue weighted by Crippen LogP contribution is -2.27. The quantitative estimate of drug-likeness (QED) is 0.693. The first-order valence-electron chi connectivity index (χ1n) is 9.71. The molecular formula is C23H24N4O2. The second-order valence-corrected chi connectivity index (χ2v) is 7.50. The highest BCUT2D eigenvalue weighted by Gasteiger charge is 2.20. The highest BCUT2D eigenvalue weighted by Crippen LogP contribution is 2.29. The van der Waals surface area contributed by atoms with Gasteiger partial charge in [0, 0.05) is 49.9 Å². The fraction of sp³-hybridized carbons (Fsp3) is 0.261. The van der Waals surface area contributed by atoms with Gasteiger partial charge in [-0.2, -0.15) is 0 Å². The Kier molecular flexibility index (Phi) is 4.92. The zero-order chi connectivity index (χ0) is 20.5. The van der Waals surface area contributed by atoms with Crippen LogP contribution in [0, 0.1) is 0 Å². The monoisotopic (exact) mass is 388 g/mol. The topological polar surface area (TPSA) is 67.2 Å². The molecule has 0 saturated heterocycles. The molecule has 1 aromatic carbocycles. The molecule has 1 unspecified atom stereocenters. The largest absolute Gasteiger partial charge is 0.350 e. The van der Waals surface area contributed by atoms with Crippen molar-refractivity contribution < 1.29 is 9.59 Å². The number of carbonyl (C=O) groups is 2. The Hall–Kier alpha value is -3.41. The number of nitrogens with zero attached hydrogens (tertiary/aromatic N) is 3. The molecule has 2 aromatic heterocycles. The average Bonchev–Trinajstić information content (AvgIpc) is 3.07. The van der Waals surface area contributed by atoms with Gasteiger partial charge in [0.2, 0.25) is 11.8 Å². The summed E-state index contributed by atoms with van der Waals surface area (Å²) in [5.74, 6) is 0.537. The van der Waals surface area contributed by atoms with E-state index in [1.54, 1.807) is 23.2 Å². The minimum atomic E-state index is -0.0727. The number of amides is 2. The Balaban J connectivity index is 1.51. The van der Waals surface area contributed by atoms with Crippen LogP contribution >= 0.6 is 0 Å². The third-order valence-electron chi connectivity index (χ3n) is 5.59. The van der Waals surface area contributed by atoms with Gasteiger partial charge >= 0.3 is 0 Å². The highest BCUT2D eigenvalue weighted by molar-refractivity contribution is 5.94. The number of rotatable bonds is 4. The fourth-order valence-corrected chi connectivity index (χ4v) is 3.76. The molecule has 2 amide bonds. The maximum Gasteiger partial charge on any atom is 0.246 e. The number of aryl methyl sites for hydroxylation is 2. The molecule has 0 radical (unpaired) electrons. The lowest BCUT2D eigenvalue weighted by molar-refractivity contribution is -0.126. The molecule has 148 valence electrons. The van der Waals surface area contributed by atoms with Gasteiger partial charge in [0.15, 0.2) is 0 Å². The Morgan fingerprint density at radius 1 is 1.31 bits per heavy atom. The number of para-hydroxylation sites is 1. The Labute approximate surface area is 169 Å². The Morgan fingerprint density at radius 2 is 2.10 bits per heavy atom. The molecule has 1 aliphatic rings. The van der Waals surface area contributed by atoms with E-state index < -0.39 is 0 Å². The van der Waals surface area contributed by atoms with Gasteiger partial charge in [-0.1, -0.05) is 18.2 Å². The minimum absolute atomic E-state index is 0.00693. The van der Waals surface area contributed by atoms with Crippen molar-refractivity contribution in [3.63, 3.8) is 0 Å². The van der Waals surface area contributed by atoms with Gasteiger partial charge in [-0.05, 0) is 48.2 Å². The van der Waals surface area contributed by atoms with Crippen molar-refractivity contribution in [2.45, 2.75) is 25.8 Å². The molecular weight excluding hydrogens is 364 g/mol. The van der Waals surface area contributed by atoms with Gasteiger partial charge in [-0.15, -0.1) is 0 Å². The van der Waals surface area contributed by atoms with Crippen molar-refractivity contribution in [3.05, 3.63) is 65.5 Å². The molecule has 0 spiro atoms. The standard InChI is InChI=1S/C23H24N4O2/c1-15(19-14-26(2)20-7-5-4-6-18(19)20)27(3)22(29)11-8-16-12-17-9-10-21(28)25-23(17)24-13-16/h4-8,11-15H,9-10H2,1-3H3,(H,24,25,28)/b11-8+. The van der Waals surface area contributed by atoms with Crippen LogP contribution in [0.1, 0.15) is 36.1 Å². The van der Waals surface area contributed by atoms with E-state index in [0.717, 1.165) is 27.6 Å². The first-order chi connectivity index (χ1) is 13.9. The lowest BCUT2D eigenvalue weighted by Gasteiger charge is -2.23. The number of fused-ring (bicyclic) bond motifs is 2. The highest BCUT2D eigenvalue weighted by atomic mass is 16.2. The predicted octanol–water partition coefficient (Wildman–Crippen LogP) is 3.69. The Bertz CT molecular complexity index is 1130. The van der Waals surface area contributed by atoms with E-state index in [1.165, 1.54) is 0 Å². The SMILES string of the molecule is CC(c1cn(C)c2ccccc12)N(C)C(=O)/C=C/c1cnc2c(c1)CCC(=O)N2. The van der Waals surface area contributed by atoms with E-state index in [-0.39, 0.29) is 17.9 Å². The number of anilines is 1. The molecule has 1 atom stereocenters. The first kappa shape index (κ1) is 18.9. The number of pyridine rings is 1. The molecule has 0 bridgehead atoms. The molecule has 6 heteroatoms. The van der Waals surface area contributed by atoms with E-state index in [0.29, 0.717) is 18.7 Å². The van der Waals surface area contributed by atoms with E-state index >= 15 is 0 Å². The lowest BCUT2D eigenvalue weighted by atomic mass is 10.0. The first-order valence-corrected chi connectivity index (χ1v) is 9.71. The molecule has 29 heavy (non-hydrogen) atoms. The molecule has 0 aliphatic carbocycles. The van der Waals surface area contributed by atoms with Crippen molar-refractivity contribution in [2.24, 2.45) is 7.05 Å². The van der Waals surface area contributed by atoms with E-state index in [9.17, 15) is 9.59 Å². The van der Waals surface area contributed by atoms with Gasteiger partial charge in [-0.3, -0.25) is 9.59 Å². The van der Waals surface area contributed by atoms with Crippen LogP contribution in [-0.2, 0) is 23.1 Å². The van der Waals surface area contributed by atoms with Crippen LogP contribution in [-0.4, -0.2) is 33.3 Å². The van der Waals surface area contributed by atoms with Gasteiger partial charge < -0.3 is 14.8 Å². The van der Waals surface area contributed by atoms with Gasteiger partial charge in [0.05, 0.1) is 6.04 Å². The van der Waals surface area contributed by atoms with Crippen LogP contribution in [0.5, 0.6) is 0 Å². The molecule has 4 rings (SSSR count). The Morgan fingerprint density at radius 3 is 2.93 bits per heavy atom. The summed E-state index contributed by atoms with van der Waals surface area (Å²) < 4.78 is 2.09. The van der Waals surface area contributed by atoms with Crippen LogP contribution in [0.4, 0.5) is 5.82 Å². The maximum atomic E-state index is 12.8. The fourth-order valence-electron chi connectivity index (χ4n) is 3.76. The molecule has 6 nitrogen and oxygen atoms in total. The van der Waals surface area contributed by atoms with Gasteiger partial charge in [-0.25, -0.2) is 4.98 Å². The average molecular weight is 388 g/mol. The van der Waals surface area contributed by atoms with Crippen LogP contribution in [0.2, 0.25) is 0 Å². The number of hydrogen-bond acceptors (Lipinski definition) is 3. The molecule has 0 fully saturated rings. The number of carbonyl (C=O) groups excluding carboxylic acids is 2. The van der Waals surface area contributed by atoms with Crippen LogP contribution in [0.15, 0.2) is 48.8 Å². The zero-order valence-electron chi connectivity index (χ0n) is 16.8. The van der Waals surface area contributed by atoms with Gasteiger partial charge in [0.25, 0.3) is 0 Å². The predicted molar refractivity (Wildman–Crippen MR) is 114 cm³/mol. The van der Waals surface area contributed by atoms with Crippen molar-refractivity contribution in [1.82, 2.24) is 14.5 Å². The van der Waals surface area contributed by atoms with Crippen LogP contribution < -0.4 is 5.32 Å². The number of likely N-dealkylation sites (N-methyl/N-ethyl adjacent to an activating group) is 1. The zero-order valence-corrected chi connectivity index (χ0v) is 16.8. The van der Waals surface area contributed by atoms with Crippen molar-refractivity contribution in [1.29, 1.82) is 0 Å². The normalized spacial score (nSPS) is 14.7. The van der Waals surface area contributed by atoms with Crippen molar-refractivity contribution in [2.75, 3.05) is 12.4 Å². The maximum absolute atomic E-state index is 12.8. The van der Waals surface area contributed by atoms with E-state index in [4.69, 9.17) is 0 Å². The van der Waals surface area contributed by atoms with Gasteiger partial charge in [0.1, 0.15) is 5.82 Å². The van der Waals surface area contributed by atoms with E-state index in [2.05, 4.69) is 33.2 Å². The summed E-state index contributed by atoms with van der Waals surface area (Å²) in [6, 6.07) is 10.1. The second-order valence-electron chi connectivity index (χ2n) is 7.50. The summed E-state index contributed by atoms with van der Waals surface area (Å²) in [4.78, 5) is 30.3. The van der Waals surface area contributed by atoms with E-state index in [1.807, 2.05) is 39.2 Å². The summed E-state index contributed by atoms with van der Waals surface area (Å²) in [5, 5.41) is 3.93. The molecule has 1 N–H and O–H groups in total. The summed E-state index contributed by atoms with van der Waals surface area (Å²) in [6.45, 7) is 2.04. The number of nitrogens with one attached hydrogen (secondary N) is 1. The summed E-state index contributed by atoms with van der Waals surface area (Å²) >= 11 is 0. The molecule has 3 aromatic rings. The second kappa shape index (κ2) is 7.54. The number of benzene rings is 1. The summed E-state index contributed by atoms with van der Waals surface area (Å²) in [6.07, 6.45) is 8.24. The number of hydrogen-bond donors (Lipinski definition) is 1. The summed E-state index contributed by atoms with van der Waals surface area (Å²) in [5.41, 5.74) is 4.12. The minimum Gasteiger partial charge on any atom is -0.350 e. The smallest absolute Gasteiger partial charge is 0.246 e. The van der Waals surface area contributed by atoms with Crippen LogP contribution in [0.3, 0.4) is 0 Å². The third-order valence-corrected chi connectivity index (χ3v) is 5.59. The van der Waals surface area contributed by atoms with Crippen LogP contribution in [0.25, 0.3) is 17.0 Å². The van der Waals surface area contributed by atoms with Crippen molar-refractivity contribution in [3.8, 4) is 0 Å². The third kappa shape index (κ3) is 3.66. The molecule has 3 heterocycles. The molecule has 0 saturated carbocycles. The van der Waals surface area contributed by atoms with Crippen molar-refractivity contribution >= 4 is 34.6 Å². The molecule has 1 aliphatic heterocycles.